The van der Waals surface area contributed by atoms with Crippen LogP contribution in [0.15, 0.2) is 24.1 Å². The maximum absolute atomic E-state index is 14.3. The largest absolute Gasteiger partial charge is 0.319 e. The maximum Gasteiger partial charge on any atom is 0.282 e. The minimum Gasteiger partial charge on any atom is -0.319 e. The zero-order valence-corrected chi connectivity index (χ0v) is 11.0. The summed E-state index contributed by atoms with van der Waals surface area (Å²) in [4.78, 5) is 0. The fourth-order valence-electron chi connectivity index (χ4n) is 1.51. The fraction of sp³-hybridized carbons (Fsp3) is 0.600. The zero-order valence-electron chi connectivity index (χ0n) is 10.2. The Morgan fingerprint density at radius 1 is 1.50 bits per heavy atom. The monoisotopic (exact) mass is 283 g/mol. The third-order valence-corrected chi connectivity index (χ3v) is 2.77. The summed E-state index contributed by atoms with van der Waals surface area (Å²) in [6.45, 7) is 2.29. The van der Waals surface area contributed by atoms with Crippen molar-refractivity contribution < 1.29 is 26.1 Å². The van der Waals surface area contributed by atoms with Gasteiger partial charge in [-0.25, -0.2) is 13.0 Å². The van der Waals surface area contributed by atoms with Crippen LogP contribution in [-0.4, -0.2) is 32.4 Å². The Balaban J connectivity index is 2.95. The van der Waals surface area contributed by atoms with Crippen LogP contribution in [0, 0.1) is 0 Å². The van der Waals surface area contributed by atoms with E-state index in [1.165, 1.54) is 12.2 Å². The summed E-state index contributed by atoms with van der Waals surface area (Å²) < 4.78 is 59.0. The molecule has 18 heavy (non-hydrogen) atoms. The molecule has 8 heteroatoms. The molecular formula is C10H15F2NO4S. The normalized spacial score (nSPS) is 29.2. The molecule has 0 aliphatic heterocycles. The van der Waals surface area contributed by atoms with Crippen LogP contribution in [0.25, 0.3) is 0 Å². The van der Waals surface area contributed by atoms with Crippen molar-refractivity contribution in [2.24, 2.45) is 5.73 Å². The van der Waals surface area contributed by atoms with Gasteiger partial charge in [-0.05, 0) is 19.9 Å². The Morgan fingerprint density at radius 2 is 2.06 bits per heavy atom. The van der Waals surface area contributed by atoms with E-state index in [9.17, 15) is 17.2 Å². The van der Waals surface area contributed by atoms with E-state index in [4.69, 9.17) is 10.5 Å². The van der Waals surface area contributed by atoms with Crippen molar-refractivity contribution in [3.05, 3.63) is 24.1 Å². The lowest BCUT2D eigenvalue weighted by Gasteiger charge is -2.36. The fourth-order valence-corrected chi connectivity index (χ4v) is 2.28. The van der Waals surface area contributed by atoms with Crippen LogP contribution in [0.3, 0.4) is 0 Å². The Hall–Kier alpha value is -0.830. The summed E-state index contributed by atoms with van der Waals surface area (Å²) in [5.74, 6) is -6.10. The molecule has 2 atom stereocenters. The topological polar surface area (TPSA) is 78.6 Å². The van der Waals surface area contributed by atoms with Gasteiger partial charge in [0, 0.05) is 0 Å². The summed E-state index contributed by atoms with van der Waals surface area (Å²) in [7, 11) is -3.89. The number of hydrogen-bond acceptors (Lipinski definition) is 5. The highest BCUT2D eigenvalue weighted by atomic mass is 32.2. The molecule has 0 heterocycles. The molecule has 1 aliphatic carbocycles. The van der Waals surface area contributed by atoms with Crippen LogP contribution in [0.4, 0.5) is 8.78 Å². The molecule has 0 aromatic rings. The lowest BCUT2D eigenvalue weighted by Crippen LogP contribution is -2.52. The van der Waals surface area contributed by atoms with E-state index in [0.717, 1.165) is 26.2 Å². The first-order valence-corrected chi connectivity index (χ1v) is 6.88. The predicted octanol–water partition coefficient (Wildman–Crippen LogP) is 1.13. The van der Waals surface area contributed by atoms with Crippen LogP contribution in [0.2, 0.25) is 0 Å². The number of nitrogens with two attached hydrogens (primary N) is 1. The van der Waals surface area contributed by atoms with Crippen molar-refractivity contribution in [1.82, 2.24) is 0 Å². The van der Waals surface area contributed by atoms with Gasteiger partial charge >= 0.3 is 0 Å². The van der Waals surface area contributed by atoms with Crippen molar-refractivity contribution in [2.75, 3.05) is 6.26 Å². The van der Waals surface area contributed by atoms with Crippen LogP contribution in [0.1, 0.15) is 13.8 Å². The Kier molecular flexibility index (Phi) is 3.97. The zero-order chi connectivity index (χ0) is 14.2. The van der Waals surface area contributed by atoms with Crippen molar-refractivity contribution in [3.63, 3.8) is 0 Å². The first-order valence-electron chi connectivity index (χ1n) is 5.06. The van der Waals surface area contributed by atoms with Crippen molar-refractivity contribution in [2.45, 2.75) is 31.5 Å². The van der Waals surface area contributed by atoms with Crippen molar-refractivity contribution in [1.29, 1.82) is 0 Å². The number of hydrogen-bond donors (Lipinski definition) is 1. The molecule has 0 saturated carbocycles. The first-order chi connectivity index (χ1) is 7.96. The van der Waals surface area contributed by atoms with E-state index in [1.807, 2.05) is 0 Å². The van der Waals surface area contributed by atoms with Crippen molar-refractivity contribution >= 4 is 10.1 Å². The molecule has 2 unspecified atom stereocenters. The predicted molar refractivity (Wildman–Crippen MR) is 61.2 cm³/mol. The first kappa shape index (κ1) is 15.2. The quantitative estimate of drug-likeness (QED) is 0.618. The molecule has 0 radical (unpaired) electrons. The van der Waals surface area contributed by atoms with Gasteiger partial charge in [-0.1, -0.05) is 12.2 Å². The summed E-state index contributed by atoms with van der Waals surface area (Å²) in [5, 5.41) is 0. The second kappa shape index (κ2) is 4.69. The molecule has 0 aromatic carbocycles. The molecule has 2 N–H and O–H groups in total. The lowest BCUT2D eigenvalue weighted by molar-refractivity contribution is -0.270. The smallest absolute Gasteiger partial charge is 0.282 e. The molecule has 104 valence electrons. The van der Waals surface area contributed by atoms with Crippen molar-refractivity contribution in [3.8, 4) is 0 Å². The third-order valence-electron chi connectivity index (χ3n) is 2.06. The summed E-state index contributed by atoms with van der Waals surface area (Å²) in [6.07, 6.45) is 4.06. The van der Waals surface area contributed by atoms with E-state index in [0.29, 0.717) is 0 Å². The average molecular weight is 283 g/mol. The summed E-state index contributed by atoms with van der Waals surface area (Å²) in [6, 6.07) is -1.40. The standard InChI is InChI=1S/C10H15F2NO4S/c1-9(2,17-18(3,14)15)16-10(12)7(11)5-4-6-8(10)13/h4-6,8H,13H2,1-3H3. The minimum absolute atomic E-state index is 0.774. The van der Waals surface area contributed by atoms with Gasteiger partial charge in [0.2, 0.25) is 0 Å². The van der Waals surface area contributed by atoms with E-state index in [1.54, 1.807) is 0 Å². The second-order valence-electron chi connectivity index (χ2n) is 4.36. The number of halogens is 2. The highest BCUT2D eigenvalue weighted by Crippen LogP contribution is 2.36. The van der Waals surface area contributed by atoms with Gasteiger partial charge < -0.3 is 10.5 Å². The van der Waals surface area contributed by atoms with Gasteiger partial charge in [-0.3, -0.25) is 0 Å². The minimum atomic E-state index is -3.89. The average Bonchev–Trinajstić information content (AvgIpc) is 2.09. The number of ether oxygens (including phenoxy) is 1. The highest BCUT2D eigenvalue weighted by Gasteiger charge is 2.48. The van der Waals surface area contributed by atoms with Gasteiger partial charge in [0.1, 0.15) is 0 Å². The molecule has 0 bridgehead atoms. The number of alkyl halides is 1. The molecule has 0 spiro atoms. The highest BCUT2D eigenvalue weighted by molar-refractivity contribution is 7.86. The molecule has 0 fully saturated rings. The lowest BCUT2D eigenvalue weighted by atomic mass is 10.0. The van der Waals surface area contributed by atoms with Crippen LogP contribution >= 0.6 is 0 Å². The molecular weight excluding hydrogens is 268 g/mol. The summed E-state index contributed by atoms with van der Waals surface area (Å²) >= 11 is 0. The van der Waals surface area contributed by atoms with Gasteiger partial charge in [0.25, 0.3) is 16.0 Å². The molecule has 0 saturated heterocycles. The number of rotatable bonds is 4. The van der Waals surface area contributed by atoms with E-state index in [2.05, 4.69) is 4.18 Å². The van der Waals surface area contributed by atoms with Gasteiger partial charge in [0.05, 0.1) is 12.3 Å². The number of allylic oxidation sites excluding steroid dienone is 2. The van der Waals surface area contributed by atoms with Gasteiger partial charge in [0.15, 0.2) is 11.6 Å². The van der Waals surface area contributed by atoms with Crippen LogP contribution < -0.4 is 5.73 Å². The Morgan fingerprint density at radius 3 is 2.50 bits per heavy atom. The molecule has 0 aromatic heterocycles. The van der Waals surface area contributed by atoms with E-state index >= 15 is 0 Å². The molecule has 5 nitrogen and oxygen atoms in total. The third kappa shape index (κ3) is 3.58. The molecule has 1 aliphatic rings. The van der Waals surface area contributed by atoms with E-state index < -0.39 is 33.6 Å². The van der Waals surface area contributed by atoms with Gasteiger partial charge in [-0.2, -0.15) is 8.42 Å². The van der Waals surface area contributed by atoms with Gasteiger partial charge in [-0.15, -0.1) is 0 Å². The van der Waals surface area contributed by atoms with E-state index in [-0.39, 0.29) is 0 Å². The van der Waals surface area contributed by atoms with Crippen LogP contribution in [-0.2, 0) is 19.0 Å². The second-order valence-corrected chi connectivity index (χ2v) is 5.93. The molecule has 1 rings (SSSR count). The Labute approximate surface area is 104 Å². The van der Waals surface area contributed by atoms with Crippen LogP contribution in [0.5, 0.6) is 0 Å². The maximum atomic E-state index is 14.3. The Bertz CT molecular complexity index is 486. The SMILES string of the molecule is CC(C)(OC1(F)C(F)=CC=CC1N)OS(C)(=O)=O. The summed E-state index contributed by atoms with van der Waals surface area (Å²) in [5.41, 5.74) is 5.40. The molecule has 0 amide bonds.